The second kappa shape index (κ2) is 6.02. The molecule has 130 valence electrons. The first-order valence-electron chi connectivity index (χ1n) is 8.99. The smallest absolute Gasteiger partial charge is 0.163 e. The molecular weight excluding hydrogens is 332 g/mol. The third kappa shape index (κ3) is 2.57. The van der Waals surface area contributed by atoms with Crippen LogP contribution in [0.2, 0.25) is 0 Å². The summed E-state index contributed by atoms with van der Waals surface area (Å²) < 4.78 is 2.30. The summed E-state index contributed by atoms with van der Waals surface area (Å²) in [6, 6.07) is 25.5. The van der Waals surface area contributed by atoms with E-state index in [0.717, 1.165) is 22.9 Å². The number of para-hydroxylation sites is 2. The van der Waals surface area contributed by atoms with Crippen LogP contribution in [0.5, 0.6) is 0 Å². The van der Waals surface area contributed by atoms with Gasteiger partial charge in [0, 0.05) is 22.0 Å². The van der Waals surface area contributed by atoms with Crippen molar-refractivity contribution in [2.24, 2.45) is 0 Å². The molecule has 0 amide bonds. The number of fused-ring (bicyclic) bond motifs is 3. The molecule has 2 heterocycles. The number of nitrogens with zero attached hydrogens (tertiary/aromatic N) is 4. The average molecular weight is 350 g/mol. The summed E-state index contributed by atoms with van der Waals surface area (Å²) in [4.78, 5) is 13.2. The zero-order chi connectivity index (χ0) is 18.4. The fraction of sp³-hybridized carbons (Fsp3) is 0.0870. The molecular formula is C23H18N4. The highest BCUT2D eigenvalue weighted by atomic mass is 15.0. The van der Waals surface area contributed by atoms with Crippen LogP contribution in [-0.2, 0) is 0 Å². The van der Waals surface area contributed by atoms with Crippen molar-refractivity contribution in [1.29, 1.82) is 0 Å². The van der Waals surface area contributed by atoms with E-state index in [1.54, 1.807) is 0 Å². The van der Waals surface area contributed by atoms with Crippen LogP contribution in [0.3, 0.4) is 0 Å². The number of rotatable bonds is 2. The van der Waals surface area contributed by atoms with E-state index in [0.29, 0.717) is 5.82 Å². The molecule has 3 aromatic carbocycles. The normalized spacial score (nSPS) is 11.3. The molecule has 27 heavy (non-hydrogen) atoms. The third-order valence-electron chi connectivity index (χ3n) is 4.82. The maximum atomic E-state index is 4.47. The van der Waals surface area contributed by atoms with E-state index in [2.05, 4.69) is 92.3 Å². The van der Waals surface area contributed by atoms with Crippen molar-refractivity contribution in [1.82, 2.24) is 19.5 Å². The molecule has 0 radical (unpaired) electrons. The van der Waals surface area contributed by atoms with Crippen molar-refractivity contribution in [2.45, 2.75) is 13.8 Å². The Labute approximate surface area is 157 Å². The van der Waals surface area contributed by atoms with Gasteiger partial charge in [-0.3, -0.25) is 0 Å². The first kappa shape index (κ1) is 15.7. The van der Waals surface area contributed by atoms with E-state index in [9.17, 15) is 0 Å². The fourth-order valence-electron chi connectivity index (χ4n) is 3.71. The maximum Gasteiger partial charge on any atom is 0.163 e. The number of hydrogen-bond donors (Lipinski definition) is 0. The van der Waals surface area contributed by atoms with Gasteiger partial charge in [0.2, 0.25) is 0 Å². The second-order valence-corrected chi connectivity index (χ2v) is 6.67. The zero-order valence-electron chi connectivity index (χ0n) is 15.2. The standard InChI is InChI=1S/C23H18N4/c1-15-24-16(2)26-23(25-15)17-11-13-18(14-12-17)27-21-9-5-3-7-19(21)20-8-4-6-10-22(20)27/h3-14H,1-2H3. The predicted octanol–water partition coefficient (Wildman–Crippen LogP) is 5.25. The highest BCUT2D eigenvalue weighted by molar-refractivity contribution is 6.09. The van der Waals surface area contributed by atoms with Crippen molar-refractivity contribution >= 4 is 21.8 Å². The van der Waals surface area contributed by atoms with Gasteiger partial charge in [-0.25, -0.2) is 15.0 Å². The third-order valence-corrected chi connectivity index (χ3v) is 4.82. The van der Waals surface area contributed by atoms with Gasteiger partial charge in [0.1, 0.15) is 11.6 Å². The van der Waals surface area contributed by atoms with Gasteiger partial charge in [-0.1, -0.05) is 36.4 Å². The SMILES string of the molecule is Cc1nc(C)nc(-c2ccc(-n3c4ccccc4c4ccccc43)cc2)n1. The first-order chi connectivity index (χ1) is 13.2. The number of hydrogen-bond acceptors (Lipinski definition) is 3. The minimum Gasteiger partial charge on any atom is -0.309 e. The zero-order valence-corrected chi connectivity index (χ0v) is 15.2. The highest BCUT2D eigenvalue weighted by Gasteiger charge is 2.11. The van der Waals surface area contributed by atoms with Crippen molar-refractivity contribution < 1.29 is 0 Å². The monoisotopic (exact) mass is 350 g/mol. The molecule has 5 aromatic rings. The minimum absolute atomic E-state index is 0.716. The molecule has 4 heteroatoms. The molecule has 0 spiro atoms. The molecule has 0 bridgehead atoms. The van der Waals surface area contributed by atoms with Crippen LogP contribution < -0.4 is 0 Å². The molecule has 0 N–H and O–H groups in total. The molecule has 0 fully saturated rings. The van der Waals surface area contributed by atoms with Crippen molar-refractivity contribution in [2.75, 3.05) is 0 Å². The van der Waals surface area contributed by atoms with Gasteiger partial charge < -0.3 is 4.57 Å². The topological polar surface area (TPSA) is 43.6 Å². The lowest BCUT2D eigenvalue weighted by Gasteiger charge is -2.09. The van der Waals surface area contributed by atoms with Crippen LogP contribution in [0, 0.1) is 13.8 Å². The van der Waals surface area contributed by atoms with Crippen LogP contribution in [0.15, 0.2) is 72.8 Å². The Bertz CT molecular complexity index is 1210. The van der Waals surface area contributed by atoms with Crippen LogP contribution in [0.1, 0.15) is 11.6 Å². The minimum atomic E-state index is 0.716. The maximum absolute atomic E-state index is 4.47. The van der Waals surface area contributed by atoms with Gasteiger partial charge in [0.25, 0.3) is 0 Å². The summed E-state index contributed by atoms with van der Waals surface area (Å²) in [5.74, 6) is 2.20. The Morgan fingerprint density at radius 1 is 0.593 bits per heavy atom. The van der Waals surface area contributed by atoms with Crippen LogP contribution in [-0.4, -0.2) is 19.5 Å². The number of aromatic nitrogens is 4. The summed E-state index contributed by atoms with van der Waals surface area (Å²) in [7, 11) is 0. The van der Waals surface area contributed by atoms with E-state index >= 15 is 0 Å². The van der Waals surface area contributed by atoms with E-state index in [1.165, 1.54) is 21.8 Å². The average Bonchev–Trinajstić information content (AvgIpc) is 3.02. The lowest BCUT2D eigenvalue weighted by atomic mass is 10.2. The van der Waals surface area contributed by atoms with Crippen molar-refractivity contribution in [3.63, 3.8) is 0 Å². The van der Waals surface area contributed by atoms with E-state index < -0.39 is 0 Å². The molecule has 0 saturated carbocycles. The quantitative estimate of drug-likeness (QED) is 0.436. The van der Waals surface area contributed by atoms with Gasteiger partial charge in [-0.15, -0.1) is 0 Å². The lowest BCUT2D eigenvalue weighted by molar-refractivity contribution is 0.928. The molecule has 0 unspecified atom stereocenters. The Morgan fingerprint density at radius 2 is 1.11 bits per heavy atom. The highest BCUT2D eigenvalue weighted by Crippen LogP contribution is 2.32. The van der Waals surface area contributed by atoms with Crippen molar-refractivity contribution in [3.05, 3.63) is 84.4 Å². The van der Waals surface area contributed by atoms with E-state index in [-0.39, 0.29) is 0 Å². The lowest BCUT2D eigenvalue weighted by Crippen LogP contribution is -1.99. The van der Waals surface area contributed by atoms with E-state index in [4.69, 9.17) is 0 Å². The summed E-state index contributed by atoms with van der Waals surface area (Å²) in [6.45, 7) is 3.79. The predicted molar refractivity (Wildman–Crippen MR) is 109 cm³/mol. The number of benzene rings is 3. The fourth-order valence-corrected chi connectivity index (χ4v) is 3.71. The Hall–Kier alpha value is -3.53. The van der Waals surface area contributed by atoms with Gasteiger partial charge in [0.15, 0.2) is 5.82 Å². The molecule has 2 aromatic heterocycles. The molecule has 5 rings (SSSR count). The van der Waals surface area contributed by atoms with E-state index in [1.807, 2.05) is 13.8 Å². The first-order valence-corrected chi connectivity index (χ1v) is 8.99. The van der Waals surface area contributed by atoms with Gasteiger partial charge in [-0.2, -0.15) is 0 Å². The molecule has 0 aliphatic heterocycles. The molecule has 4 nitrogen and oxygen atoms in total. The van der Waals surface area contributed by atoms with Crippen LogP contribution >= 0.6 is 0 Å². The number of aryl methyl sites for hydroxylation is 2. The Kier molecular flexibility index (Phi) is 3.50. The Balaban J connectivity index is 1.69. The van der Waals surface area contributed by atoms with Gasteiger partial charge in [-0.05, 0) is 50.2 Å². The molecule has 0 aliphatic carbocycles. The van der Waals surface area contributed by atoms with Gasteiger partial charge in [0.05, 0.1) is 11.0 Å². The largest absolute Gasteiger partial charge is 0.309 e. The summed E-state index contributed by atoms with van der Waals surface area (Å²) in [5.41, 5.74) is 4.53. The molecule has 0 saturated heterocycles. The summed E-state index contributed by atoms with van der Waals surface area (Å²) in [6.07, 6.45) is 0. The van der Waals surface area contributed by atoms with Crippen LogP contribution in [0.4, 0.5) is 0 Å². The summed E-state index contributed by atoms with van der Waals surface area (Å²) in [5, 5.41) is 2.53. The second-order valence-electron chi connectivity index (χ2n) is 6.67. The van der Waals surface area contributed by atoms with Crippen molar-refractivity contribution in [3.8, 4) is 17.1 Å². The molecule has 0 aliphatic rings. The summed E-state index contributed by atoms with van der Waals surface area (Å²) >= 11 is 0. The van der Waals surface area contributed by atoms with Gasteiger partial charge >= 0.3 is 0 Å². The van der Waals surface area contributed by atoms with Crippen LogP contribution in [0.25, 0.3) is 38.9 Å². The molecule has 0 atom stereocenters. The Morgan fingerprint density at radius 3 is 1.67 bits per heavy atom.